The van der Waals surface area contributed by atoms with Gasteiger partial charge in [0.15, 0.2) is 0 Å². The molecule has 0 radical (unpaired) electrons. The summed E-state index contributed by atoms with van der Waals surface area (Å²) in [6, 6.07) is 14.0. The molecule has 0 aliphatic rings. The fourth-order valence-electron chi connectivity index (χ4n) is 1.61. The number of nitrogens with one attached hydrogen (secondary N) is 1. The Morgan fingerprint density at radius 2 is 2.00 bits per heavy atom. The van der Waals surface area contributed by atoms with Crippen molar-refractivity contribution in [3.63, 3.8) is 0 Å². The van der Waals surface area contributed by atoms with E-state index in [0.29, 0.717) is 11.1 Å². The Hall–Kier alpha value is -2.62. The third-order valence-electron chi connectivity index (χ3n) is 2.59. The molecule has 0 aromatic heterocycles. The van der Waals surface area contributed by atoms with Gasteiger partial charge >= 0.3 is 0 Å². The highest BCUT2D eigenvalue weighted by Gasteiger charge is 2.03. The minimum absolute atomic E-state index is 0.121. The summed E-state index contributed by atoms with van der Waals surface area (Å²) in [6.07, 6.45) is 1.41. The average molecular weight is 254 g/mol. The quantitative estimate of drug-likeness (QED) is 0.653. The van der Waals surface area contributed by atoms with Gasteiger partial charge in [0.05, 0.1) is 6.21 Å². The van der Waals surface area contributed by atoms with E-state index in [1.807, 2.05) is 19.1 Å². The Kier molecular flexibility index (Phi) is 3.93. The van der Waals surface area contributed by atoms with E-state index in [1.54, 1.807) is 36.4 Å². The maximum Gasteiger partial charge on any atom is 0.271 e. The van der Waals surface area contributed by atoms with Gasteiger partial charge < -0.3 is 5.11 Å². The first kappa shape index (κ1) is 12.8. The number of carbonyl (C=O) groups is 1. The molecule has 4 nitrogen and oxygen atoms in total. The van der Waals surface area contributed by atoms with Gasteiger partial charge in [-0.3, -0.25) is 4.79 Å². The number of phenols is 1. The Bertz CT molecular complexity index is 621. The molecule has 0 heterocycles. The minimum atomic E-state index is -0.282. The first-order valence-electron chi connectivity index (χ1n) is 5.85. The number of benzene rings is 2. The van der Waals surface area contributed by atoms with Crippen molar-refractivity contribution in [1.82, 2.24) is 5.43 Å². The van der Waals surface area contributed by atoms with Crippen LogP contribution < -0.4 is 5.43 Å². The fourth-order valence-corrected chi connectivity index (χ4v) is 1.61. The molecule has 2 rings (SSSR count). The molecule has 0 aliphatic heterocycles. The SMILES string of the molecule is Cc1cccc(C(=O)N/N=C/c2ccccc2O)c1. The number of carbonyl (C=O) groups excluding carboxylic acids is 1. The summed E-state index contributed by atoms with van der Waals surface area (Å²) in [5.74, 6) is -0.161. The number of aromatic hydroxyl groups is 1. The average Bonchev–Trinajstić information content (AvgIpc) is 2.41. The van der Waals surface area contributed by atoms with Crippen LogP contribution in [0.3, 0.4) is 0 Å². The predicted octanol–water partition coefficient (Wildman–Crippen LogP) is 2.46. The Morgan fingerprint density at radius 3 is 2.74 bits per heavy atom. The summed E-state index contributed by atoms with van der Waals surface area (Å²) in [6.45, 7) is 1.92. The molecule has 1 amide bonds. The number of hydrazone groups is 1. The lowest BCUT2D eigenvalue weighted by Crippen LogP contribution is -2.17. The van der Waals surface area contributed by atoms with Crippen molar-refractivity contribution in [3.8, 4) is 5.75 Å². The standard InChI is InChI=1S/C15H14N2O2/c1-11-5-4-7-12(9-11)15(19)17-16-10-13-6-2-3-8-14(13)18/h2-10,18H,1H3,(H,17,19)/b16-10+. The highest BCUT2D eigenvalue weighted by atomic mass is 16.3. The van der Waals surface area contributed by atoms with Crippen LogP contribution in [0.15, 0.2) is 53.6 Å². The smallest absolute Gasteiger partial charge is 0.271 e. The molecular formula is C15H14N2O2. The molecule has 2 N–H and O–H groups in total. The number of nitrogens with zero attached hydrogens (tertiary/aromatic N) is 1. The van der Waals surface area contributed by atoms with Crippen molar-refractivity contribution in [2.45, 2.75) is 6.92 Å². The summed E-state index contributed by atoms with van der Waals surface area (Å²) in [7, 11) is 0. The Labute approximate surface area is 111 Å². The lowest BCUT2D eigenvalue weighted by molar-refractivity contribution is 0.0955. The summed E-state index contributed by atoms with van der Waals surface area (Å²) in [5, 5.41) is 13.3. The van der Waals surface area contributed by atoms with Gasteiger partial charge in [-0.2, -0.15) is 5.10 Å². The fraction of sp³-hybridized carbons (Fsp3) is 0.0667. The van der Waals surface area contributed by atoms with Gasteiger partial charge in [0.1, 0.15) is 5.75 Å². The van der Waals surface area contributed by atoms with Gasteiger partial charge in [0, 0.05) is 11.1 Å². The number of amides is 1. The number of hydrogen-bond donors (Lipinski definition) is 2. The second-order valence-corrected chi connectivity index (χ2v) is 4.13. The second-order valence-electron chi connectivity index (χ2n) is 4.13. The zero-order valence-electron chi connectivity index (χ0n) is 10.5. The molecule has 0 saturated carbocycles. The van der Waals surface area contributed by atoms with Crippen LogP contribution in [0.4, 0.5) is 0 Å². The molecular weight excluding hydrogens is 240 g/mol. The van der Waals surface area contributed by atoms with E-state index >= 15 is 0 Å². The van der Waals surface area contributed by atoms with Crippen LogP contribution >= 0.6 is 0 Å². The zero-order chi connectivity index (χ0) is 13.7. The summed E-state index contributed by atoms with van der Waals surface area (Å²) < 4.78 is 0. The summed E-state index contributed by atoms with van der Waals surface area (Å²) in [4.78, 5) is 11.8. The highest BCUT2D eigenvalue weighted by molar-refractivity contribution is 5.95. The first-order chi connectivity index (χ1) is 9.16. The normalized spacial score (nSPS) is 10.6. The summed E-state index contributed by atoms with van der Waals surface area (Å²) >= 11 is 0. The van der Waals surface area contributed by atoms with E-state index in [9.17, 15) is 9.90 Å². The topological polar surface area (TPSA) is 61.7 Å². The monoisotopic (exact) mass is 254 g/mol. The minimum Gasteiger partial charge on any atom is -0.507 e. The van der Waals surface area contributed by atoms with E-state index in [4.69, 9.17) is 0 Å². The van der Waals surface area contributed by atoms with Crippen molar-refractivity contribution in [3.05, 3.63) is 65.2 Å². The van der Waals surface area contributed by atoms with Crippen LogP contribution in [0, 0.1) is 6.92 Å². The molecule has 0 spiro atoms. The maximum atomic E-state index is 11.8. The van der Waals surface area contributed by atoms with Crippen LogP contribution in [-0.2, 0) is 0 Å². The lowest BCUT2D eigenvalue weighted by atomic mass is 10.1. The molecule has 0 atom stereocenters. The summed E-state index contributed by atoms with van der Waals surface area (Å²) in [5.41, 5.74) is 4.53. The molecule has 0 aliphatic carbocycles. The lowest BCUT2D eigenvalue weighted by Gasteiger charge is -2.01. The number of hydrogen-bond acceptors (Lipinski definition) is 3. The van der Waals surface area contributed by atoms with Gasteiger partial charge in [0.2, 0.25) is 0 Å². The molecule has 2 aromatic carbocycles. The predicted molar refractivity (Wildman–Crippen MR) is 74.3 cm³/mol. The second kappa shape index (κ2) is 5.82. The number of aryl methyl sites for hydroxylation is 1. The van der Waals surface area contributed by atoms with Crippen LogP contribution in [0.1, 0.15) is 21.5 Å². The third kappa shape index (κ3) is 3.42. The van der Waals surface area contributed by atoms with E-state index in [1.165, 1.54) is 6.21 Å². The zero-order valence-corrected chi connectivity index (χ0v) is 10.5. The molecule has 2 aromatic rings. The van der Waals surface area contributed by atoms with Gasteiger partial charge in [-0.1, -0.05) is 29.8 Å². The van der Waals surface area contributed by atoms with Crippen LogP contribution in [0.5, 0.6) is 5.75 Å². The molecule has 0 fully saturated rings. The van der Waals surface area contributed by atoms with Gasteiger partial charge in [0.25, 0.3) is 5.91 Å². The first-order valence-corrected chi connectivity index (χ1v) is 5.85. The van der Waals surface area contributed by atoms with Gasteiger partial charge in [-0.05, 0) is 31.2 Å². The Balaban J connectivity index is 2.03. The van der Waals surface area contributed by atoms with Gasteiger partial charge in [-0.25, -0.2) is 5.43 Å². The van der Waals surface area contributed by atoms with Crippen molar-refractivity contribution >= 4 is 12.1 Å². The van der Waals surface area contributed by atoms with Crippen molar-refractivity contribution in [2.24, 2.45) is 5.10 Å². The number of para-hydroxylation sites is 1. The molecule has 4 heteroatoms. The van der Waals surface area contributed by atoms with Crippen LogP contribution in [0.2, 0.25) is 0 Å². The van der Waals surface area contributed by atoms with Crippen LogP contribution in [-0.4, -0.2) is 17.2 Å². The van der Waals surface area contributed by atoms with Crippen molar-refractivity contribution < 1.29 is 9.90 Å². The van der Waals surface area contributed by atoms with E-state index in [2.05, 4.69) is 10.5 Å². The van der Waals surface area contributed by atoms with Gasteiger partial charge in [-0.15, -0.1) is 0 Å². The molecule has 0 bridgehead atoms. The maximum absolute atomic E-state index is 11.8. The number of rotatable bonds is 3. The van der Waals surface area contributed by atoms with E-state index in [0.717, 1.165) is 5.56 Å². The molecule has 19 heavy (non-hydrogen) atoms. The third-order valence-corrected chi connectivity index (χ3v) is 2.59. The van der Waals surface area contributed by atoms with Crippen molar-refractivity contribution in [2.75, 3.05) is 0 Å². The Morgan fingerprint density at radius 1 is 1.21 bits per heavy atom. The van der Waals surface area contributed by atoms with E-state index in [-0.39, 0.29) is 11.7 Å². The molecule has 0 unspecified atom stereocenters. The molecule has 0 saturated heterocycles. The largest absolute Gasteiger partial charge is 0.507 e. The van der Waals surface area contributed by atoms with E-state index < -0.39 is 0 Å². The number of phenolic OH excluding ortho intramolecular Hbond substituents is 1. The van der Waals surface area contributed by atoms with Crippen molar-refractivity contribution in [1.29, 1.82) is 0 Å². The van der Waals surface area contributed by atoms with Crippen LogP contribution in [0.25, 0.3) is 0 Å². The molecule has 96 valence electrons. The highest BCUT2D eigenvalue weighted by Crippen LogP contribution is 2.12.